The average molecular weight is 295 g/mol. The zero-order chi connectivity index (χ0) is 14.4. The van der Waals surface area contributed by atoms with Crippen molar-refractivity contribution in [1.82, 2.24) is 9.78 Å². The first-order valence-corrected chi connectivity index (χ1v) is 8.09. The number of rotatable bonds is 2. The van der Waals surface area contributed by atoms with E-state index in [2.05, 4.69) is 59.6 Å². The third kappa shape index (κ3) is 1.98. The van der Waals surface area contributed by atoms with E-state index in [1.807, 2.05) is 0 Å². The van der Waals surface area contributed by atoms with E-state index in [1.165, 1.54) is 21.6 Å². The zero-order valence-electron chi connectivity index (χ0n) is 12.2. The number of aryl methyl sites for hydroxylation is 2. The second-order valence-electron chi connectivity index (χ2n) is 5.54. The van der Waals surface area contributed by atoms with Gasteiger partial charge in [-0.1, -0.05) is 18.2 Å². The van der Waals surface area contributed by atoms with Crippen LogP contribution in [0, 0.1) is 13.8 Å². The largest absolute Gasteiger partial charge is 0.369 e. The minimum absolute atomic E-state index is 0.996. The summed E-state index contributed by atoms with van der Waals surface area (Å²) in [5.41, 5.74) is 6.18. The van der Waals surface area contributed by atoms with E-state index >= 15 is 0 Å². The van der Waals surface area contributed by atoms with Crippen LogP contribution in [0.25, 0.3) is 16.3 Å². The number of hydrogen-bond donors (Lipinski definition) is 1. The standard InChI is InChI=1S/C17H17N3S/c1-11-9-15(21-10-11)16-13-7-8-18-17(13)20(19-16)14-6-4-3-5-12(14)2/h3-6,9-10,18H,7-8H2,1-2H3. The Morgan fingerprint density at radius 1 is 1.24 bits per heavy atom. The summed E-state index contributed by atoms with van der Waals surface area (Å²) in [6, 6.07) is 10.6. The van der Waals surface area contributed by atoms with Crippen LogP contribution in [-0.4, -0.2) is 16.3 Å². The fraction of sp³-hybridized carbons (Fsp3) is 0.235. The Balaban J connectivity index is 1.93. The van der Waals surface area contributed by atoms with Gasteiger partial charge in [0.2, 0.25) is 0 Å². The summed E-state index contributed by atoms with van der Waals surface area (Å²) >= 11 is 1.78. The average Bonchev–Trinajstić information content (AvgIpc) is 3.15. The molecule has 3 nitrogen and oxygen atoms in total. The maximum absolute atomic E-state index is 4.91. The molecule has 0 spiro atoms. The molecule has 0 aliphatic carbocycles. The van der Waals surface area contributed by atoms with E-state index < -0.39 is 0 Å². The van der Waals surface area contributed by atoms with Crippen LogP contribution in [0.1, 0.15) is 16.7 Å². The van der Waals surface area contributed by atoms with E-state index in [0.717, 1.165) is 30.2 Å². The van der Waals surface area contributed by atoms with Gasteiger partial charge in [-0.25, -0.2) is 4.68 Å². The summed E-state index contributed by atoms with van der Waals surface area (Å²) in [5.74, 6) is 1.16. The van der Waals surface area contributed by atoms with Gasteiger partial charge >= 0.3 is 0 Å². The highest BCUT2D eigenvalue weighted by Crippen LogP contribution is 2.37. The first kappa shape index (κ1) is 12.7. The molecule has 0 radical (unpaired) electrons. The Hall–Kier alpha value is -2.07. The number of aromatic nitrogens is 2. The summed E-state index contributed by atoms with van der Waals surface area (Å²) in [6.07, 6.45) is 1.05. The summed E-state index contributed by atoms with van der Waals surface area (Å²) in [7, 11) is 0. The number of para-hydroxylation sites is 1. The molecule has 4 rings (SSSR count). The summed E-state index contributed by atoms with van der Waals surface area (Å²) in [4.78, 5) is 1.26. The predicted octanol–water partition coefficient (Wildman–Crippen LogP) is 4.19. The van der Waals surface area contributed by atoms with Crippen molar-refractivity contribution in [2.45, 2.75) is 20.3 Å². The number of fused-ring (bicyclic) bond motifs is 1. The van der Waals surface area contributed by atoms with Crippen molar-refractivity contribution in [3.05, 3.63) is 52.4 Å². The van der Waals surface area contributed by atoms with Crippen LogP contribution in [-0.2, 0) is 6.42 Å². The van der Waals surface area contributed by atoms with E-state index in [1.54, 1.807) is 11.3 Å². The molecular weight excluding hydrogens is 278 g/mol. The normalized spacial score (nSPS) is 13.2. The molecule has 3 aromatic rings. The van der Waals surface area contributed by atoms with Gasteiger partial charge in [0.15, 0.2) is 0 Å². The van der Waals surface area contributed by atoms with Crippen LogP contribution in [0.15, 0.2) is 35.7 Å². The van der Waals surface area contributed by atoms with Crippen LogP contribution in [0.2, 0.25) is 0 Å². The van der Waals surface area contributed by atoms with Crippen molar-refractivity contribution in [1.29, 1.82) is 0 Å². The van der Waals surface area contributed by atoms with Crippen LogP contribution in [0.3, 0.4) is 0 Å². The molecule has 0 unspecified atom stereocenters. The van der Waals surface area contributed by atoms with E-state index in [0.29, 0.717) is 0 Å². The maximum atomic E-state index is 4.91. The van der Waals surface area contributed by atoms with Gasteiger partial charge in [0, 0.05) is 12.1 Å². The number of nitrogens with one attached hydrogen (secondary N) is 1. The van der Waals surface area contributed by atoms with Crippen molar-refractivity contribution in [3.8, 4) is 16.3 Å². The molecule has 3 heterocycles. The highest BCUT2D eigenvalue weighted by molar-refractivity contribution is 7.13. The monoisotopic (exact) mass is 295 g/mol. The molecule has 4 heteroatoms. The van der Waals surface area contributed by atoms with Gasteiger partial charge in [-0.15, -0.1) is 11.3 Å². The second-order valence-corrected chi connectivity index (χ2v) is 6.45. The van der Waals surface area contributed by atoms with Gasteiger partial charge in [0.1, 0.15) is 11.5 Å². The Morgan fingerprint density at radius 2 is 2.10 bits per heavy atom. The van der Waals surface area contributed by atoms with Crippen LogP contribution < -0.4 is 5.32 Å². The topological polar surface area (TPSA) is 29.9 Å². The lowest BCUT2D eigenvalue weighted by molar-refractivity contribution is 0.876. The van der Waals surface area contributed by atoms with E-state index in [-0.39, 0.29) is 0 Å². The third-order valence-corrected chi connectivity index (χ3v) is 5.01. The van der Waals surface area contributed by atoms with Crippen molar-refractivity contribution in [2.24, 2.45) is 0 Å². The lowest BCUT2D eigenvalue weighted by Gasteiger charge is -2.08. The Morgan fingerprint density at radius 3 is 2.86 bits per heavy atom. The van der Waals surface area contributed by atoms with Gasteiger partial charge < -0.3 is 5.32 Å². The predicted molar refractivity (Wildman–Crippen MR) is 88.5 cm³/mol. The Bertz CT molecular complexity index is 813. The van der Waals surface area contributed by atoms with Crippen LogP contribution in [0.4, 0.5) is 5.82 Å². The molecule has 21 heavy (non-hydrogen) atoms. The minimum Gasteiger partial charge on any atom is -0.369 e. The van der Waals surface area contributed by atoms with Crippen molar-refractivity contribution in [2.75, 3.05) is 11.9 Å². The first-order valence-electron chi connectivity index (χ1n) is 7.21. The van der Waals surface area contributed by atoms with Crippen LogP contribution in [0.5, 0.6) is 0 Å². The van der Waals surface area contributed by atoms with Gasteiger partial charge in [0.05, 0.1) is 10.6 Å². The Kier molecular flexibility index (Phi) is 2.86. The molecule has 0 fully saturated rings. The molecule has 2 aromatic heterocycles. The Labute approximate surface area is 128 Å². The quantitative estimate of drug-likeness (QED) is 0.768. The number of benzene rings is 1. The summed E-state index contributed by atoms with van der Waals surface area (Å²) in [5, 5.41) is 10.6. The van der Waals surface area contributed by atoms with E-state index in [9.17, 15) is 0 Å². The number of anilines is 1. The molecule has 1 N–H and O–H groups in total. The van der Waals surface area contributed by atoms with Crippen molar-refractivity contribution >= 4 is 17.2 Å². The molecule has 106 valence electrons. The third-order valence-electron chi connectivity index (χ3n) is 3.96. The molecule has 1 aromatic carbocycles. The molecule has 0 amide bonds. The molecule has 0 saturated heterocycles. The van der Waals surface area contributed by atoms with Gasteiger partial charge in [-0.05, 0) is 48.9 Å². The second kappa shape index (κ2) is 4.74. The van der Waals surface area contributed by atoms with Crippen molar-refractivity contribution in [3.63, 3.8) is 0 Å². The molecule has 1 aliphatic heterocycles. The number of thiophene rings is 1. The highest BCUT2D eigenvalue weighted by Gasteiger charge is 2.24. The molecule has 0 atom stereocenters. The molecular formula is C17H17N3S. The van der Waals surface area contributed by atoms with Crippen LogP contribution >= 0.6 is 11.3 Å². The zero-order valence-corrected chi connectivity index (χ0v) is 13.0. The fourth-order valence-electron chi connectivity index (χ4n) is 2.90. The molecule has 0 saturated carbocycles. The highest BCUT2D eigenvalue weighted by atomic mass is 32.1. The fourth-order valence-corrected chi connectivity index (χ4v) is 3.81. The number of hydrogen-bond acceptors (Lipinski definition) is 3. The smallest absolute Gasteiger partial charge is 0.133 e. The summed E-state index contributed by atoms with van der Waals surface area (Å²) in [6.45, 7) is 5.26. The lowest BCUT2D eigenvalue weighted by Crippen LogP contribution is -2.05. The van der Waals surface area contributed by atoms with Gasteiger partial charge in [-0.2, -0.15) is 5.10 Å². The molecule has 0 bridgehead atoms. The number of nitrogens with zero attached hydrogens (tertiary/aromatic N) is 2. The van der Waals surface area contributed by atoms with Gasteiger partial charge in [-0.3, -0.25) is 0 Å². The molecule has 1 aliphatic rings. The lowest BCUT2D eigenvalue weighted by atomic mass is 10.1. The van der Waals surface area contributed by atoms with E-state index in [4.69, 9.17) is 5.10 Å². The minimum atomic E-state index is 0.996. The maximum Gasteiger partial charge on any atom is 0.133 e. The van der Waals surface area contributed by atoms with Crippen molar-refractivity contribution < 1.29 is 0 Å². The summed E-state index contributed by atoms with van der Waals surface area (Å²) < 4.78 is 2.07. The SMILES string of the molecule is Cc1csc(-c2nn(-c3ccccc3C)c3c2CCN3)c1. The van der Waals surface area contributed by atoms with Gasteiger partial charge in [0.25, 0.3) is 0 Å². The first-order chi connectivity index (χ1) is 10.2.